The third kappa shape index (κ3) is 2.94. The second-order valence-electron chi connectivity index (χ2n) is 6.17. The number of nitrogens with one attached hydrogen (secondary N) is 2. The third-order valence-electron chi connectivity index (χ3n) is 4.52. The molecule has 5 nitrogen and oxygen atoms in total. The van der Waals surface area contributed by atoms with Gasteiger partial charge in [0, 0.05) is 29.9 Å². The second-order valence-corrected chi connectivity index (χ2v) is 6.61. The van der Waals surface area contributed by atoms with Crippen molar-refractivity contribution in [1.29, 1.82) is 0 Å². The van der Waals surface area contributed by atoms with Crippen LogP contribution in [0.5, 0.6) is 0 Å². The SMILES string of the molecule is Fc1cnc(-c2c[nH]c3ncc(Cl)cc23)nc1NCC1CCCC1. The molecule has 24 heavy (non-hydrogen) atoms. The van der Waals surface area contributed by atoms with E-state index in [-0.39, 0.29) is 5.82 Å². The van der Waals surface area contributed by atoms with Crippen LogP contribution >= 0.6 is 11.6 Å². The van der Waals surface area contributed by atoms with Gasteiger partial charge in [-0.15, -0.1) is 0 Å². The first-order valence-electron chi connectivity index (χ1n) is 8.10. The van der Waals surface area contributed by atoms with E-state index in [0.29, 0.717) is 22.4 Å². The van der Waals surface area contributed by atoms with Gasteiger partial charge in [0.15, 0.2) is 17.5 Å². The number of aromatic nitrogens is 4. The molecule has 3 aromatic heterocycles. The highest BCUT2D eigenvalue weighted by Gasteiger charge is 2.17. The van der Waals surface area contributed by atoms with Crippen LogP contribution in [0.2, 0.25) is 5.02 Å². The largest absolute Gasteiger partial charge is 0.367 e. The summed E-state index contributed by atoms with van der Waals surface area (Å²) < 4.78 is 14.0. The first-order valence-corrected chi connectivity index (χ1v) is 8.48. The molecule has 0 atom stereocenters. The fourth-order valence-electron chi connectivity index (χ4n) is 3.24. The molecule has 124 valence electrons. The number of fused-ring (bicyclic) bond motifs is 1. The van der Waals surface area contributed by atoms with E-state index in [1.807, 2.05) is 0 Å². The zero-order valence-corrected chi connectivity index (χ0v) is 13.8. The van der Waals surface area contributed by atoms with E-state index in [1.54, 1.807) is 18.5 Å². The van der Waals surface area contributed by atoms with Gasteiger partial charge in [0.1, 0.15) is 5.65 Å². The molecule has 0 bridgehead atoms. The lowest BCUT2D eigenvalue weighted by molar-refractivity contribution is 0.570. The maximum absolute atomic E-state index is 14.0. The van der Waals surface area contributed by atoms with Crippen LogP contribution in [0.4, 0.5) is 10.2 Å². The molecule has 0 saturated heterocycles. The van der Waals surface area contributed by atoms with Gasteiger partial charge in [-0.3, -0.25) is 0 Å². The number of H-pyrrole nitrogens is 1. The number of aromatic amines is 1. The number of hydrogen-bond acceptors (Lipinski definition) is 4. The van der Waals surface area contributed by atoms with Crippen molar-refractivity contribution in [3.05, 3.63) is 35.5 Å². The predicted molar refractivity (Wildman–Crippen MR) is 92.5 cm³/mol. The van der Waals surface area contributed by atoms with E-state index in [1.165, 1.54) is 31.9 Å². The summed E-state index contributed by atoms with van der Waals surface area (Å²) in [6.45, 7) is 0.745. The van der Waals surface area contributed by atoms with Crippen molar-refractivity contribution in [3.63, 3.8) is 0 Å². The topological polar surface area (TPSA) is 66.5 Å². The van der Waals surface area contributed by atoms with Gasteiger partial charge in [-0.25, -0.2) is 19.3 Å². The van der Waals surface area contributed by atoms with Crippen LogP contribution in [0, 0.1) is 11.7 Å². The summed E-state index contributed by atoms with van der Waals surface area (Å²) >= 11 is 6.02. The Kier molecular flexibility index (Phi) is 4.06. The Hall–Kier alpha value is -2.21. The molecule has 1 fully saturated rings. The van der Waals surface area contributed by atoms with Crippen molar-refractivity contribution < 1.29 is 4.39 Å². The Morgan fingerprint density at radius 1 is 1.25 bits per heavy atom. The van der Waals surface area contributed by atoms with Crippen molar-refractivity contribution in [2.24, 2.45) is 5.92 Å². The van der Waals surface area contributed by atoms with Gasteiger partial charge in [-0.2, -0.15) is 0 Å². The van der Waals surface area contributed by atoms with Gasteiger partial charge in [-0.1, -0.05) is 24.4 Å². The first-order chi connectivity index (χ1) is 11.7. The second kappa shape index (κ2) is 6.36. The molecule has 0 amide bonds. The lowest BCUT2D eigenvalue weighted by Gasteiger charge is -2.12. The highest BCUT2D eigenvalue weighted by Crippen LogP contribution is 2.29. The van der Waals surface area contributed by atoms with E-state index in [9.17, 15) is 4.39 Å². The summed E-state index contributed by atoms with van der Waals surface area (Å²) in [5.41, 5.74) is 1.45. The van der Waals surface area contributed by atoms with Crippen molar-refractivity contribution >= 4 is 28.5 Å². The average Bonchev–Trinajstić information content (AvgIpc) is 3.23. The highest BCUT2D eigenvalue weighted by atomic mass is 35.5. The predicted octanol–water partition coefficient (Wildman–Crippen LogP) is 4.41. The average molecular weight is 346 g/mol. The van der Waals surface area contributed by atoms with Crippen LogP contribution < -0.4 is 5.32 Å². The summed E-state index contributed by atoms with van der Waals surface area (Å²) in [4.78, 5) is 15.8. The summed E-state index contributed by atoms with van der Waals surface area (Å²) in [5.74, 6) is 0.850. The Morgan fingerprint density at radius 3 is 2.92 bits per heavy atom. The number of pyridine rings is 1. The quantitative estimate of drug-likeness (QED) is 0.734. The molecule has 2 N–H and O–H groups in total. The van der Waals surface area contributed by atoms with Gasteiger partial charge >= 0.3 is 0 Å². The Bertz CT molecular complexity index is 873. The first kappa shape index (κ1) is 15.3. The summed E-state index contributed by atoms with van der Waals surface area (Å²) in [5, 5.41) is 4.49. The maximum Gasteiger partial charge on any atom is 0.183 e. The Morgan fingerprint density at radius 2 is 2.08 bits per heavy atom. The number of nitrogens with zero attached hydrogens (tertiary/aromatic N) is 3. The highest BCUT2D eigenvalue weighted by molar-refractivity contribution is 6.31. The minimum absolute atomic E-state index is 0.247. The molecule has 1 saturated carbocycles. The van der Waals surface area contributed by atoms with E-state index < -0.39 is 5.82 Å². The van der Waals surface area contributed by atoms with E-state index in [0.717, 1.165) is 17.5 Å². The molecule has 3 heterocycles. The van der Waals surface area contributed by atoms with Crippen molar-refractivity contribution in [2.45, 2.75) is 25.7 Å². The molecule has 4 rings (SSSR count). The maximum atomic E-state index is 14.0. The van der Waals surface area contributed by atoms with Crippen LogP contribution in [0.3, 0.4) is 0 Å². The van der Waals surface area contributed by atoms with Crippen LogP contribution in [0.15, 0.2) is 24.7 Å². The molecule has 0 aliphatic heterocycles. The molecule has 1 aliphatic carbocycles. The summed E-state index contributed by atoms with van der Waals surface area (Å²) in [6.07, 6.45) is 9.45. The molecule has 0 aromatic carbocycles. The molecule has 0 radical (unpaired) electrons. The number of hydrogen-bond donors (Lipinski definition) is 2. The van der Waals surface area contributed by atoms with E-state index >= 15 is 0 Å². The van der Waals surface area contributed by atoms with E-state index in [2.05, 4.69) is 25.3 Å². The van der Waals surface area contributed by atoms with Crippen molar-refractivity contribution in [3.8, 4) is 11.4 Å². The Balaban J connectivity index is 1.65. The normalized spacial score (nSPS) is 15.2. The van der Waals surface area contributed by atoms with E-state index in [4.69, 9.17) is 11.6 Å². The van der Waals surface area contributed by atoms with Gasteiger partial charge in [0.25, 0.3) is 0 Å². The molecule has 7 heteroatoms. The lowest BCUT2D eigenvalue weighted by Crippen LogP contribution is -2.13. The lowest BCUT2D eigenvalue weighted by atomic mass is 10.1. The van der Waals surface area contributed by atoms with Gasteiger partial charge < -0.3 is 10.3 Å². The third-order valence-corrected chi connectivity index (χ3v) is 4.72. The van der Waals surface area contributed by atoms with Crippen LogP contribution in [-0.2, 0) is 0 Å². The zero-order chi connectivity index (χ0) is 16.5. The van der Waals surface area contributed by atoms with Crippen molar-refractivity contribution in [1.82, 2.24) is 19.9 Å². The summed E-state index contributed by atoms with van der Waals surface area (Å²) in [6, 6.07) is 1.80. The molecular weight excluding hydrogens is 329 g/mol. The smallest absolute Gasteiger partial charge is 0.183 e. The minimum atomic E-state index is -0.437. The summed E-state index contributed by atoms with van der Waals surface area (Å²) in [7, 11) is 0. The number of halogens is 2. The van der Waals surface area contributed by atoms with Crippen LogP contribution in [-0.4, -0.2) is 26.5 Å². The zero-order valence-electron chi connectivity index (χ0n) is 13.0. The fourth-order valence-corrected chi connectivity index (χ4v) is 3.40. The van der Waals surface area contributed by atoms with Gasteiger partial charge in [-0.05, 0) is 24.8 Å². The molecule has 0 unspecified atom stereocenters. The molecular formula is C17H17ClFN5. The number of rotatable bonds is 4. The number of anilines is 1. The van der Waals surface area contributed by atoms with Crippen LogP contribution in [0.1, 0.15) is 25.7 Å². The standard InChI is InChI=1S/C17H17ClFN5/c18-11-5-12-13(8-22-15(12)21-7-11)16-23-9-14(19)17(24-16)20-6-10-3-1-2-4-10/h5,7-10H,1-4,6H2,(H,21,22)(H,20,23,24). The van der Waals surface area contributed by atoms with Crippen molar-refractivity contribution in [2.75, 3.05) is 11.9 Å². The van der Waals surface area contributed by atoms with Gasteiger partial charge in [0.05, 0.1) is 11.2 Å². The molecule has 3 aromatic rings. The molecule has 1 aliphatic rings. The fraction of sp³-hybridized carbons (Fsp3) is 0.353. The molecule has 0 spiro atoms. The van der Waals surface area contributed by atoms with Crippen LogP contribution in [0.25, 0.3) is 22.4 Å². The minimum Gasteiger partial charge on any atom is -0.367 e. The Labute approximate surface area is 143 Å². The van der Waals surface area contributed by atoms with Gasteiger partial charge in [0.2, 0.25) is 0 Å². The monoisotopic (exact) mass is 345 g/mol.